The third-order valence-electron chi connectivity index (χ3n) is 7.43. The molecule has 66 heavy (non-hydrogen) atoms. The van der Waals surface area contributed by atoms with Crippen molar-refractivity contribution in [2.24, 2.45) is 0 Å². The van der Waals surface area contributed by atoms with E-state index in [4.69, 9.17) is 26.7 Å². The highest BCUT2D eigenvalue weighted by Crippen LogP contribution is 2.32. The number of aromatic nitrogens is 5. The molecule has 2 amide bonds. The Morgan fingerprint density at radius 3 is 1.27 bits per heavy atom. The Bertz CT molecular complexity index is 2220. The number of carbonyl (C=O) groups is 2. The first-order valence-corrected chi connectivity index (χ1v) is 24.1. The fourth-order valence-corrected chi connectivity index (χ4v) is 7.16. The summed E-state index contributed by atoms with van der Waals surface area (Å²) in [5, 5.41) is 0. The topological polar surface area (TPSA) is 202 Å². The number of carbonyl (C=O) groups excluding carboxylic acids is 2. The molecule has 0 aliphatic carbocycles. The minimum atomic E-state index is -0.489. The summed E-state index contributed by atoms with van der Waals surface area (Å²) in [6.45, 7) is 13.9. The van der Waals surface area contributed by atoms with Crippen molar-refractivity contribution in [3.8, 4) is 0 Å². The fourth-order valence-electron chi connectivity index (χ4n) is 4.39. The van der Waals surface area contributed by atoms with Gasteiger partial charge in [0.25, 0.3) is 0 Å². The van der Waals surface area contributed by atoms with Crippen molar-refractivity contribution >= 4 is 132 Å². The molecule has 0 aromatic carbocycles. The molecule has 0 radical (unpaired) electrons. The Hall–Kier alpha value is -3.53. The molecule has 0 spiro atoms. The van der Waals surface area contributed by atoms with E-state index in [2.05, 4.69) is 127 Å². The van der Waals surface area contributed by atoms with Crippen LogP contribution in [0.5, 0.6) is 0 Å². The number of nitrogens with two attached hydrogens (primary N) is 3. The van der Waals surface area contributed by atoms with Crippen molar-refractivity contribution in [3.63, 3.8) is 0 Å². The second kappa shape index (κ2) is 27.5. The molecule has 0 unspecified atom stereocenters. The number of hydrogen-bond acceptors (Lipinski definition) is 12. The van der Waals surface area contributed by atoms with Crippen LogP contribution >= 0.6 is 102 Å². The molecule has 25 heteroatoms. The van der Waals surface area contributed by atoms with Gasteiger partial charge in [-0.1, -0.05) is 22.6 Å². The van der Waals surface area contributed by atoms with Crippen molar-refractivity contribution in [3.05, 3.63) is 125 Å². The molecular weight excluding hydrogens is 1320 g/mol. The maximum Gasteiger partial charge on any atom is 0.410 e. The highest BCUT2D eigenvalue weighted by Gasteiger charge is 2.36. The van der Waals surface area contributed by atoms with Gasteiger partial charge in [-0.2, -0.15) is 0 Å². The van der Waals surface area contributed by atoms with E-state index in [-0.39, 0.29) is 41.2 Å². The number of nitrogens with zero attached hydrogens (tertiary/aromatic N) is 7. The van der Waals surface area contributed by atoms with E-state index in [0.29, 0.717) is 57.0 Å². The summed E-state index contributed by atoms with van der Waals surface area (Å²) >= 11 is 17.9. The zero-order valence-corrected chi connectivity index (χ0v) is 46.1. The molecule has 0 saturated carbocycles. The number of hydrogen-bond donors (Lipinski definition) is 3. The number of amides is 2. The molecule has 14 nitrogen and oxygen atoms in total. The fraction of sp³-hybridized carbons (Fsp3) is 0.341. The minimum Gasteiger partial charge on any atom is -0.444 e. The summed E-state index contributed by atoms with van der Waals surface area (Å²) in [5.74, 6) is -0.794. The summed E-state index contributed by atoms with van der Waals surface area (Å²) < 4.78 is 75.5. The highest BCUT2D eigenvalue weighted by atomic mass is 127. The standard InChI is InChI=1S/C13H16BrFN2O2.C8H14INO2.C5H2Br2FN.2C5H4BrFN2.C5H5FN2/c1-13(2,3)19-12(18)17-6-8(7-17)11-10(14)4-9(15)5-16-11;1-8(2,3)12-7(11)10-4-6(9)5-10;6-4-1-3(8)2-9-5(4)7;2*6-4-1-3(7)2-9-5(4)8;6-4-1-2-5(7)8-3-4/h4-5,8H,6-7H2,1-3H3;6H,4-5H2,1-3H3;1-2H;2*1-2H,(H2,8,9);1-3H,(H2,7,8). The summed E-state index contributed by atoms with van der Waals surface area (Å²) in [4.78, 5) is 44.7. The van der Waals surface area contributed by atoms with Crippen LogP contribution in [0, 0.1) is 29.1 Å². The Labute approximate surface area is 434 Å². The smallest absolute Gasteiger partial charge is 0.410 e. The Morgan fingerprint density at radius 2 is 0.955 bits per heavy atom. The zero-order valence-electron chi connectivity index (χ0n) is 36.0. The zero-order chi connectivity index (χ0) is 50.1. The monoisotopic (exact) mass is 1360 g/mol. The van der Waals surface area contributed by atoms with Crippen LogP contribution in [0.25, 0.3) is 0 Å². The van der Waals surface area contributed by atoms with Gasteiger partial charge in [-0.25, -0.2) is 51.5 Å². The van der Waals surface area contributed by atoms with Crippen LogP contribution in [-0.4, -0.2) is 88.2 Å². The third-order valence-corrected chi connectivity index (χ3v) is 11.9. The first-order valence-electron chi connectivity index (χ1n) is 18.9. The predicted molar refractivity (Wildman–Crippen MR) is 269 cm³/mol. The lowest BCUT2D eigenvalue weighted by atomic mass is 9.96. The molecule has 5 aromatic rings. The van der Waals surface area contributed by atoms with Crippen molar-refractivity contribution < 1.29 is 41.0 Å². The van der Waals surface area contributed by atoms with E-state index in [1.54, 1.807) is 9.80 Å². The van der Waals surface area contributed by atoms with E-state index in [9.17, 15) is 31.5 Å². The third kappa shape index (κ3) is 23.0. The molecule has 7 heterocycles. The van der Waals surface area contributed by atoms with Gasteiger partial charge in [0.15, 0.2) is 0 Å². The van der Waals surface area contributed by atoms with Gasteiger partial charge in [0.2, 0.25) is 0 Å². The lowest BCUT2D eigenvalue weighted by Gasteiger charge is -2.39. The quantitative estimate of drug-likeness (QED) is 0.0621. The number of ether oxygens (including phenoxy) is 2. The maximum absolute atomic E-state index is 12.9. The molecule has 2 aliphatic heterocycles. The number of rotatable bonds is 1. The SMILES string of the molecule is CC(C)(C)OC(=O)N1CC(I)C1.CC(C)(C)OC(=O)N1CC(c2ncc(F)cc2Br)C1.Fc1cnc(Br)c(Br)c1.Nc1ccc(F)cn1.Nc1ncc(F)cc1Br.Nc1ncc(F)cc1Br. The first kappa shape index (κ1) is 58.6. The summed E-state index contributed by atoms with van der Waals surface area (Å²) in [6.07, 6.45) is 5.05. The molecule has 0 atom stereocenters. The maximum atomic E-state index is 12.9. The van der Waals surface area contributed by atoms with Gasteiger partial charge in [-0.3, -0.25) is 4.98 Å². The van der Waals surface area contributed by atoms with E-state index in [0.717, 1.165) is 43.6 Å². The highest BCUT2D eigenvalue weighted by molar-refractivity contribution is 14.1. The van der Waals surface area contributed by atoms with Gasteiger partial charge in [0.05, 0.1) is 50.1 Å². The van der Waals surface area contributed by atoms with Crippen LogP contribution in [0.4, 0.5) is 49.0 Å². The van der Waals surface area contributed by atoms with E-state index >= 15 is 0 Å². The van der Waals surface area contributed by atoms with E-state index in [1.807, 2.05) is 41.5 Å². The largest absolute Gasteiger partial charge is 0.444 e. The van der Waals surface area contributed by atoms with Gasteiger partial charge in [0, 0.05) is 40.5 Å². The van der Waals surface area contributed by atoms with Crippen LogP contribution < -0.4 is 17.2 Å². The number of alkyl halides is 1. The number of pyridine rings is 5. The summed E-state index contributed by atoms with van der Waals surface area (Å²) in [7, 11) is 0. The average molecular weight is 1360 g/mol. The van der Waals surface area contributed by atoms with Crippen molar-refractivity contribution in [2.75, 3.05) is 43.4 Å². The van der Waals surface area contributed by atoms with Gasteiger partial charge in [0.1, 0.15) is 62.3 Å². The predicted octanol–water partition coefficient (Wildman–Crippen LogP) is 12.0. The second-order valence-corrected chi connectivity index (χ2v) is 21.4. The first-order chi connectivity index (χ1) is 30.5. The van der Waals surface area contributed by atoms with E-state index in [1.165, 1.54) is 42.6 Å². The lowest BCUT2D eigenvalue weighted by Crippen LogP contribution is -2.52. The normalized spacial score (nSPS) is 13.1. The van der Waals surface area contributed by atoms with Crippen LogP contribution in [0.3, 0.4) is 0 Å². The second-order valence-electron chi connectivity index (χ2n) is 15.5. The van der Waals surface area contributed by atoms with Crippen LogP contribution in [0.15, 0.2) is 89.9 Å². The summed E-state index contributed by atoms with van der Waals surface area (Å²) in [6, 6.07) is 7.94. The lowest BCUT2D eigenvalue weighted by molar-refractivity contribution is 0.00767. The Balaban J connectivity index is 0.000000281. The van der Waals surface area contributed by atoms with Crippen molar-refractivity contribution in [1.82, 2.24) is 34.7 Å². The van der Waals surface area contributed by atoms with Crippen LogP contribution in [-0.2, 0) is 9.47 Å². The van der Waals surface area contributed by atoms with Crippen LogP contribution in [0.2, 0.25) is 0 Å². The number of halogens is 11. The molecule has 2 aliphatic rings. The summed E-state index contributed by atoms with van der Waals surface area (Å²) in [5.41, 5.74) is 15.6. The van der Waals surface area contributed by atoms with Crippen molar-refractivity contribution in [1.29, 1.82) is 0 Å². The van der Waals surface area contributed by atoms with Gasteiger partial charge in [-0.15, -0.1) is 0 Å². The van der Waals surface area contributed by atoms with E-state index < -0.39 is 17.2 Å². The Morgan fingerprint density at radius 1 is 0.576 bits per heavy atom. The van der Waals surface area contributed by atoms with Crippen LogP contribution in [0.1, 0.15) is 53.2 Å². The molecule has 2 fully saturated rings. The molecular formula is C41H45Br5F5IN10O4. The number of nitrogen functional groups attached to an aromatic ring is 3. The van der Waals surface area contributed by atoms with Gasteiger partial charge in [-0.05, 0) is 158 Å². The molecule has 0 bridgehead atoms. The van der Waals surface area contributed by atoms with Gasteiger partial charge >= 0.3 is 12.2 Å². The van der Waals surface area contributed by atoms with Crippen molar-refractivity contribution in [2.45, 2.75) is 62.6 Å². The number of anilines is 3. The number of likely N-dealkylation sites (tertiary alicyclic amines) is 2. The van der Waals surface area contributed by atoms with Gasteiger partial charge < -0.3 is 36.5 Å². The Kier molecular flexibility index (Phi) is 24.4. The average Bonchev–Trinajstić information content (AvgIpc) is 3.16. The molecule has 7 rings (SSSR count). The molecule has 360 valence electrons. The molecule has 5 aromatic heterocycles. The molecule has 2 saturated heterocycles. The molecule has 6 N–H and O–H groups in total. The minimum absolute atomic E-state index is 0.127.